The maximum absolute atomic E-state index is 13.6. The summed E-state index contributed by atoms with van der Waals surface area (Å²) in [6.07, 6.45) is 12.4. The van der Waals surface area contributed by atoms with Gasteiger partial charge in [-0.3, -0.25) is 14.2 Å². The number of carbonyl (C=O) groups excluding carboxylic acids is 1. The molecule has 0 saturated heterocycles. The number of aromatic nitrogens is 2. The molecule has 0 unspecified atom stereocenters. The van der Waals surface area contributed by atoms with E-state index in [0.717, 1.165) is 31.2 Å². The van der Waals surface area contributed by atoms with Crippen LogP contribution in [0.15, 0.2) is 29.1 Å². The fourth-order valence-corrected chi connectivity index (χ4v) is 5.29. The van der Waals surface area contributed by atoms with Crippen LogP contribution in [0.2, 0.25) is 0 Å². The SMILES string of the molecule is CCc1nc2ccccc2c(=O)n1CC(=O)N(C1CCCCC1)C1CCCCC1. The molecule has 2 fully saturated rings. The number of hydrogen-bond acceptors (Lipinski definition) is 3. The Bertz CT molecular complexity index is 890. The minimum Gasteiger partial charge on any atom is -0.335 e. The number of fused-ring (bicyclic) bond motifs is 1. The number of nitrogens with zero attached hydrogens (tertiary/aromatic N) is 3. The van der Waals surface area contributed by atoms with Gasteiger partial charge in [0.1, 0.15) is 12.4 Å². The van der Waals surface area contributed by atoms with Crippen LogP contribution in [0, 0.1) is 0 Å². The second-order valence-electron chi connectivity index (χ2n) is 8.67. The van der Waals surface area contributed by atoms with E-state index in [1.54, 1.807) is 4.57 Å². The molecule has 0 spiro atoms. The van der Waals surface area contributed by atoms with Gasteiger partial charge in [-0.2, -0.15) is 0 Å². The molecule has 0 atom stereocenters. The molecule has 4 rings (SSSR count). The largest absolute Gasteiger partial charge is 0.335 e. The molecule has 1 aromatic carbocycles. The molecule has 1 heterocycles. The van der Waals surface area contributed by atoms with Crippen LogP contribution >= 0.6 is 0 Å². The van der Waals surface area contributed by atoms with Crippen molar-refractivity contribution >= 4 is 16.8 Å². The van der Waals surface area contributed by atoms with E-state index in [1.807, 2.05) is 31.2 Å². The third-order valence-corrected chi connectivity index (χ3v) is 6.77. The highest BCUT2D eigenvalue weighted by atomic mass is 16.2. The molecule has 29 heavy (non-hydrogen) atoms. The normalized spacial score (nSPS) is 18.8. The summed E-state index contributed by atoms with van der Waals surface area (Å²) >= 11 is 0. The molecule has 1 aromatic heterocycles. The van der Waals surface area contributed by atoms with Crippen molar-refractivity contribution in [2.45, 2.75) is 96.2 Å². The van der Waals surface area contributed by atoms with Crippen LogP contribution in [0.1, 0.15) is 77.0 Å². The Morgan fingerprint density at radius 1 is 1.00 bits per heavy atom. The van der Waals surface area contributed by atoms with Crippen molar-refractivity contribution in [3.05, 3.63) is 40.4 Å². The lowest BCUT2D eigenvalue weighted by Gasteiger charge is -2.42. The number of rotatable bonds is 5. The van der Waals surface area contributed by atoms with Crippen molar-refractivity contribution in [1.82, 2.24) is 14.5 Å². The van der Waals surface area contributed by atoms with E-state index in [2.05, 4.69) is 9.88 Å². The van der Waals surface area contributed by atoms with Crippen LogP contribution in [0.3, 0.4) is 0 Å². The van der Waals surface area contributed by atoms with Crippen molar-refractivity contribution in [3.8, 4) is 0 Å². The molecule has 0 bridgehead atoms. The van der Waals surface area contributed by atoms with E-state index in [1.165, 1.54) is 38.5 Å². The molecule has 2 aliphatic rings. The van der Waals surface area contributed by atoms with Crippen LogP contribution in [0.4, 0.5) is 0 Å². The number of amides is 1. The Hall–Kier alpha value is -2.17. The Morgan fingerprint density at radius 2 is 1.59 bits per heavy atom. The third kappa shape index (κ3) is 4.24. The predicted molar refractivity (Wildman–Crippen MR) is 116 cm³/mol. The first-order valence-electron chi connectivity index (χ1n) is 11.5. The molecule has 0 aliphatic heterocycles. The number of aryl methyl sites for hydroxylation is 1. The molecule has 2 saturated carbocycles. The van der Waals surface area contributed by atoms with Gasteiger partial charge in [0.2, 0.25) is 5.91 Å². The van der Waals surface area contributed by atoms with Gasteiger partial charge in [-0.05, 0) is 37.8 Å². The van der Waals surface area contributed by atoms with Gasteiger partial charge in [0, 0.05) is 18.5 Å². The highest BCUT2D eigenvalue weighted by Crippen LogP contribution is 2.30. The number of hydrogen-bond donors (Lipinski definition) is 0. The van der Waals surface area contributed by atoms with Gasteiger partial charge in [-0.25, -0.2) is 4.98 Å². The number of benzene rings is 1. The van der Waals surface area contributed by atoms with Gasteiger partial charge in [0.15, 0.2) is 0 Å². The monoisotopic (exact) mass is 395 g/mol. The molecular weight excluding hydrogens is 362 g/mol. The molecule has 5 heteroatoms. The average molecular weight is 396 g/mol. The quantitative estimate of drug-likeness (QED) is 0.751. The molecule has 0 N–H and O–H groups in total. The van der Waals surface area contributed by atoms with Gasteiger partial charge in [0.25, 0.3) is 5.56 Å². The zero-order valence-corrected chi connectivity index (χ0v) is 17.6. The molecule has 2 aromatic rings. The fraction of sp³-hybridized carbons (Fsp3) is 0.625. The maximum atomic E-state index is 13.6. The molecule has 1 amide bonds. The average Bonchev–Trinajstić information content (AvgIpc) is 2.77. The highest BCUT2D eigenvalue weighted by Gasteiger charge is 2.32. The Kier molecular flexibility index (Phi) is 6.31. The van der Waals surface area contributed by atoms with Crippen molar-refractivity contribution < 1.29 is 4.79 Å². The first kappa shape index (κ1) is 20.1. The molecule has 5 nitrogen and oxygen atoms in total. The molecule has 2 aliphatic carbocycles. The first-order valence-corrected chi connectivity index (χ1v) is 11.5. The summed E-state index contributed by atoms with van der Waals surface area (Å²) in [4.78, 5) is 33.7. The summed E-state index contributed by atoms with van der Waals surface area (Å²) in [5, 5.41) is 0.597. The summed E-state index contributed by atoms with van der Waals surface area (Å²) < 4.78 is 1.63. The van der Waals surface area contributed by atoms with E-state index in [-0.39, 0.29) is 18.0 Å². The van der Waals surface area contributed by atoms with Gasteiger partial charge in [-0.1, -0.05) is 57.6 Å². The Labute approximate surface area is 173 Å². The standard InChI is InChI=1S/C24H33N3O2/c1-2-22-25-21-16-10-9-15-20(21)24(29)26(22)17-23(28)27(18-11-5-3-6-12-18)19-13-7-4-8-14-19/h9-10,15-16,18-19H,2-8,11-14,17H2,1H3. The van der Waals surface area contributed by atoms with Crippen LogP contribution in [0.5, 0.6) is 0 Å². The van der Waals surface area contributed by atoms with E-state index in [9.17, 15) is 9.59 Å². The zero-order chi connectivity index (χ0) is 20.2. The van der Waals surface area contributed by atoms with E-state index >= 15 is 0 Å². The van der Waals surface area contributed by atoms with E-state index in [0.29, 0.717) is 29.7 Å². The van der Waals surface area contributed by atoms with Crippen LogP contribution in [-0.4, -0.2) is 32.4 Å². The highest BCUT2D eigenvalue weighted by molar-refractivity contribution is 5.79. The second-order valence-corrected chi connectivity index (χ2v) is 8.67. The van der Waals surface area contributed by atoms with E-state index < -0.39 is 0 Å². The van der Waals surface area contributed by atoms with Gasteiger partial charge < -0.3 is 4.90 Å². The number of carbonyl (C=O) groups is 1. The van der Waals surface area contributed by atoms with Crippen molar-refractivity contribution in [2.75, 3.05) is 0 Å². The predicted octanol–water partition coefficient (Wildman–Crippen LogP) is 4.45. The lowest BCUT2D eigenvalue weighted by Crippen LogP contribution is -2.50. The smallest absolute Gasteiger partial charge is 0.261 e. The lowest BCUT2D eigenvalue weighted by molar-refractivity contribution is -0.138. The van der Waals surface area contributed by atoms with Crippen molar-refractivity contribution in [1.29, 1.82) is 0 Å². The first-order chi connectivity index (χ1) is 14.2. The number of para-hydroxylation sites is 1. The van der Waals surface area contributed by atoms with Crippen LogP contribution < -0.4 is 5.56 Å². The third-order valence-electron chi connectivity index (χ3n) is 6.77. The minimum absolute atomic E-state index is 0.0898. The fourth-order valence-electron chi connectivity index (χ4n) is 5.29. The molecule has 156 valence electrons. The Morgan fingerprint density at radius 3 is 2.17 bits per heavy atom. The lowest BCUT2D eigenvalue weighted by atomic mass is 9.88. The van der Waals surface area contributed by atoms with Crippen molar-refractivity contribution in [2.24, 2.45) is 0 Å². The molecular formula is C24H33N3O2. The minimum atomic E-state index is -0.0898. The van der Waals surface area contributed by atoms with Crippen LogP contribution in [-0.2, 0) is 17.8 Å². The van der Waals surface area contributed by atoms with Gasteiger partial charge >= 0.3 is 0 Å². The summed E-state index contributed by atoms with van der Waals surface area (Å²) in [5.41, 5.74) is 0.627. The topological polar surface area (TPSA) is 55.2 Å². The molecule has 0 radical (unpaired) electrons. The van der Waals surface area contributed by atoms with Gasteiger partial charge in [0.05, 0.1) is 10.9 Å². The summed E-state index contributed by atoms with van der Waals surface area (Å²) in [6, 6.07) is 8.13. The van der Waals surface area contributed by atoms with Gasteiger partial charge in [-0.15, -0.1) is 0 Å². The Balaban J connectivity index is 1.66. The van der Waals surface area contributed by atoms with Crippen LogP contribution in [0.25, 0.3) is 10.9 Å². The summed E-state index contributed by atoms with van der Waals surface area (Å²) in [5.74, 6) is 0.812. The van der Waals surface area contributed by atoms with Crippen molar-refractivity contribution in [3.63, 3.8) is 0 Å². The van der Waals surface area contributed by atoms with E-state index in [4.69, 9.17) is 0 Å². The second kappa shape index (κ2) is 9.10. The zero-order valence-electron chi connectivity index (χ0n) is 17.6. The maximum Gasteiger partial charge on any atom is 0.261 e. The summed E-state index contributed by atoms with van der Waals surface area (Å²) in [6.45, 7) is 2.12. The summed E-state index contributed by atoms with van der Waals surface area (Å²) in [7, 11) is 0.